The third-order valence-corrected chi connectivity index (χ3v) is 8.04. The first kappa shape index (κ1) is 24.9. The van der Waals surface area contributed by atoms with Gasteiger partial charge >= 0.3 is 0 Å². The Kier molecular flexibility index (Phi) is 6.69. The number of piperidine rings is 1. The predicted octanol–water partition coefficient (Wildman–Crippen LogP) is 1.64. The number of imide groups is 1. The maximum atomic E-state index is 12.9. The Morgan fingerprint density at radius 2 is 1.95 bits per heavy atom. The van der Waals surface area contributed by atoms with E-state index in [1.807, 2.05) is 13.0 Å². The molecule has 2 aliphatic heterocycles. The molecule has 2 fully saturated rings. The number of carbonyl (C=O) groups excluding carboxylic acids is 3. The highest BCUT2D eigenvalue weighted by atomic mass is 32.2. The first-order valence-corrected chi connectivity index (χ1v) is 13.4. The monoisotopic (exact) mass is 525 g/mol. The molecule has 3 aromatic rings. The summed E-state index contributed by atoms with van der Waals surface area (Å²) in [6, 6.07) is 9.24. The number of hydrogen-bond acceptors (Lipinski definition) is 8. The zero-order valence-electron chi connectivity index (χ0n) is 20.2. The van der Waals surface area contributed by atoms with Gasteiger partial charge in [0.15, 0.2) is 0 Å². The van der Waals surface area contributed by atoms with E-state index in [9.17, 15) is 22.8 Å². The SMILES string of the molecule is Cc1ccc(S(=O)(=O)OCC2CCN(c3ccc(C(=O)NC4CCC(=O)NC4=O)c4nc[nH]c34)C2)cc1. The molecule has 2 aromatic carbocycles. The molecular formula is C25H27N5O6S. The molecule has 37 heavy (non-hydrogen) atoms. The lowest BCUT2D eigenvalue weighted by Gasteiger charge is -2.22. The second kappa shape index (κ2) is 9.94. The highest BCUT2D eigenvalue weighted by Crippen LogP contribution is 2.32. The van der Waals surface area contributed by atoms with Gasteiger partial charge in [0.25, 0.3) is 16.0 Å². The van der Waals surface area contributed by atoms with Crippen molar-refractivity contribution >= 4 is 44.6 Å². The lowest BCUT2D eigenvalue weighted by Crippen LogP contribution is -2.52. The molecule has 0 aliphatic carbocycles. The van der Waals surface area contributed by atoms with E-state index in [0.29, 0.717) is 29.7 Å². The largest absolute Gasteiger partial charge is 0.369 e. The first-order valence-electron chi connectivity index (χ1n) is 12.0. The van der Waals surface area contributed by atoms with Gasteiger partial charge in [-0.05, 0) is 44.0 Å². The van der Waals surface area contributed by atoms with E-state index in [1.54, 1.807) is 30.3 Å². The smallest absolute Gasteiger partial charge is 0.296 e. The Hall–Kier alpha value is -3.77. The summed E-state index contributed by atoms with van der Waals surface area (Å²) in [5, 5.41) is 4.92. The molecule has 0 radical (unpaired) electrons. The molecule has 2 aliphatic rings. The minimum absolute atomic E-state index is 0.00805. The van der Waals surface area contributed by atoms with E-state index >= 15 is 0 Å². The topological polar surface area (TPSA) is 151 Å². The highest BCUT2D eigenvalue weighted by Gasteiger charge is 2.30. The van der Waals surface area contributed by atoms with Gasteiger partial charge in [0.2, 0.25) is 11.8 Å². The van der Waals surface area contributed by atoms with Gasteiger partial charge in [-0.1, -0.05) is 17.7 Å². The molecule has 2 unspecified atom stereocenters. The van der Waals surface area contributed by atoms with Crippen LogP contribution >= 0.6 is 0 Å². The molecule has 1 aromatic heterocycles. The number of amides is 3. The minimum Gasteiger partial charge on any atom is -0.369 e. The van der Waals surface area contributed by atoms with Gasteiger partial charge in [-0.3, -0.25) is 23.9 Å². The fourth-order valence-electron chi connectivity index (χ4n) is 4.68. The summed E-state index contributed by atoms with van der Waals surface area (Å²) >= 11 is 0. The normalized spacial score (nSPS) is 20.3. The van der Waals surface area contributed by atoms with E-state index in [1.165, 1.54) is 6.33 Å². The number of aromatic nitrogens is 2. The third-order valence-electron chi connectivity index (χ3n) is 6.74. The Bertz CT molecular complexity index is 1470. The zero-order chi connectivity index (χ0) is 26.2. The van der Waals surface area contributed by atoms with Gasteiger partial charge in [-0.25, -0.2) is 4.98 Å². The van der Waals surface area contributed by atoms with E-state index in [2.05, 4.69) is 25.5 Å². The van der Waals surface area contributed by atoms with Crippen molar-refractivity contribution in [2.24, 2.45) is 5.92 Å². The van der Waals surface area contributed by atoms with Crippen LogP contribution in [0.15, 0.2) is 47.6 Å². The van der Waals surface area contributed by atoms with Crippen molar-refractivity contribution < 1.29 is 27.0 Å². The molecule has 0 spiro atoms. The first-order chi connectivity index (χ1) is 17.7. The molecule has 5 rings (SSSR count). The van der Waals surface area contributed by atoms with Crippen LogP contribution in [0.1, 0.15) is 35.2 Å². The van der Waals surface area contributed by atoms with Gasteiger partial charge in [-0.15, -0.1) is 0 Å². The highest BCUT2D eigenvalue weighted by molar-refractivity contribution is 7.86. The van der Waals surface area contributed by atoms with Crippen molar-refractivity contribution in [3.63, 3.8) is 0 Å². The van der Waals surface area contributed by atoms with E-state index < -0.39 is 28.0 Å². The molecule has 12 heteroatoms. The van der Waals surface area contributed by atoms with Crippen molar-refractivity contribution in [3.8, 4) is 0 Å². The van der Waals surface area contributed by atoms with Gasteiger partial charge in [0.1, 0.15) is 11.6 Å². The average molecular weight is 526 g/mol. The molecule has 3 N–H and O–H groups in total. The molecule has 3 heterocycles. The summed E-state index contributed by atoms with van der Waals surface area (Å²) in [5.41, 5.74) is 3.26. The Morgan fingerprint density at radius 1 is 1.16 bits per heavy atom. The number of anilines is 1. The second-order valence-electron chi connectivity index (χ2n) is 9.39. The number of aromatic amines is 1. The molecule has 0 bridgehead atoms. The number of benzene rings is 2. The third kappa shape index (κ3) is 5.20. The summed E-state index contributed by atoms with van der Waals surface area (Å²) in [5.74, 6) is -1.31. The standard InChI is InChI=1S/C25H27N5O6S/c1-15-2-4-17(5-3-15)37(34,35)36-13-16-10-11-30(12-16)20-8-6-18(22-23(20)27-14-26-22)24(32)28-19-7-9-21(31)29-25(19)33/h2-6,8,14,16,19H,7,9-13H2,1H3,(H,26,27)(H,28,32)(H,29,31,33). The number of H-pyrrole nitrogens is 1. The number of imidazole rings is 1. The van der Waals surface area contributed by atoms with Gasteiger partial charge < -0.3 is 15.2 Å². The number of rotatable bonds is 7. The Labute approximate surface area is 213 Å². The average Bonchev–Trinajstić information content (AvgIpc) is 3.54. The van der Waals surface area contributed by atoms with E-state index in [4.69, 9.17) is 4.18 Å². The number of aryl methyl sites for hydroxylation is 1. The van der Waals surface area contributed by atoms with Crippen molar-refractivity contribution in [1.82, 2.24) is 20.6 Å². The lowest BCUT2D eigenvalue weighted by atomic mass is 10.0. The minimum atomic E-state index is -3.83. The van der Waals surface area contributed by atoms with Crippen LogP contribution in [0, 0.1) is 12.8 Å². The number of fused-ring (bicyclic) bond motifs is 1. The molecule has 3 amide bonds. The van der Waals surface area contributed by atoms with Crippen LogP contribution in [0.4, 0.5) is 5.69 Å². The van der Waals surface area contributed by atoms with Crippen LogP contribution < -0.4 is 15.5 Å². The van der Waals surface area contributed by atoms with Crippen molar-refractivity contribution in [2.75, 3.05) is 24.6 Å². The maximum Gasteiger partial charge on any atom is 0.296 e. The summed E-state index contributed by atoms with van der Waals surface area (Å²) in [4.78, 5) is 46.0. The number of carbonyl (C=O) groups is 3. The van der Waals surface area contributed by atoms with Gasteiger partial charge in [0.05, 0.1) is 34.6 Å². The van der Waals surface area contributed by atoms with Gasteiger partial charge in [-0.2, -0.15) is 8.42 Å². The van der Waals surface area contributed by atoms with Crippen molar-refractivity contribution in [1.29, 1.82) is 0 Å². The van der Waals surface area contributed by atoms with Crippen LogP contribution in [-0.4, -0.2) is 61.8 Å². The van der Waals surface area contributed by atoms with E-state index in [-0.39, 0.29) is 36.2 Å². The van der Waals surface area contributed by atoms with Crippen molar-refractivity contribution in [3.05, 3.63) is 53.9 Å². The Morgan fingerprint density at radius 3 is 2.70 bits per heavy atom. The summed E-state index contributed by atoms with van der Waals surface area (Å²) in [7, 11) is -3.83. The van der Waals surface area contributed by atoms with E-state index in [0.717, 1.165) is 17.7 Å². The lowest BCUT2D eigenvalue weighted by molar-refractivity contribution is -0.134. The molecular weight excluding hydrogens is 498 g/mol. The fraction of sp³-hybridized carbons (Fsp3) is 0.360. The Balaban J connectivity index is 1.25. The summed E-state index contributed by atoms with van der Waals surface area (Å²) in [6.07, 6.45) is 2.66. The molecule has 2 saturated heterocycles. The van der Waals surface area contributed by atoms with Crippen LogP contribution in [-0.2, 0) is 23.9 Å². The van der Waals surface area contributed by atoms with Crippen molar-refractivity contribution in [2.45, 2.75) is 37.1 Å². The maximum absolute atomic E-state index is 12.9. The number of hydrogen-bond donors (Lipinski definition) is 3. The zero-order valence-corrected chi connectivity index (χ0v) is 21.0. The summed E-state index contributed by atoms with van der Waals surface area (Å²) < 4.78 is 30.4. The molecule has 194 valence electrons. The second-order valence-corrected chi connectivity index (χ2v) is 11.0. The fourth-order valence-corrected chi connectivity index (χ4v) is 5.66. The summed E-state index contributed by atoms with van der Waals surface area (Å²) in [6.45, 7) is 3.23. The predicted molar refractivity (Wildman–Crippen MR) is 134 cm³/mol. The molecule has 2 atom stereocenters. The van der Waals surface area contributed by atoms with Crippen LogP contribution in [0.3, 0.4) is 0 Å². The number of nitrogens with one attached hydrogen (secondary N) is 3. The molecule has 11 nitrogen and oxygen atoms in total. The van der Waals surface area contributed by atoms with Crippen LogP contribution in [0.2, 0.25) is 0 Å². The number of nitrogens with zero attached hydrogens (tertiary/aromatic N) is 2. The van der Waals surface area contributed by atoms with Gasteiger partial charge in [0, 0.05) is 25.4 Å². The quantitative estimate of drug-likeness (QED) is 0.311. The van der Waals surface area contributed by atoms with Crippen LogP contribution in [0.25, 0.3) is 11.0 Å². The van der Waals surface area contributed by atoms with Crippen LogP contribution in [0.5, 0.6) is 0 Å². The molecule has 0 saturated carbocycles.